The van der Waals surface area contributed by atoms with Crippen LogP contribution in [0.5, 0.6) is 0 Å². The Balaban J connectivity index is 2.53. The van der Waals surface area contributed by atoms with Crippen LogP contribution in [0, 0.1) is 26.6 Å². The molecule has 1 N–H and O–H groups in total. The molecule has 96 valence electrons. The minimum Gasteiger partial charge on any atom is -0.383 e. The van der Waals surface area contributed by atoms with Gasteiger partial charge in [0.05, 0.1) is 9.90 Å². The monoisotopic (exact) mass is 284 g/mol. The molecule has 0 fully saturated rings. The number of thiophene rings is 1. The van der Waals surface area contributed by atoms with Crippen molar-refractivity contribution in [3.05, 3.63) is 55.5 Å². The number of hydrogen-bond donors (Lipinski definition) is 1. The van der Waals surface area contributed by atoms with Gasteiger partial charge in [-0.3, -0.25) is 0 Å². The Morgan fingerprint density at radius 2 is 1.89 bits per heavy atom. The van der Waals surface area contributed by atoms with Gasteiger partial charge in [-0.15, -0.1) is 11.3 Å². The number of benzene rings is 1. The molecule has 0 bridgehead atoms. The van der Waals surface area contributed by atoms with Crippen LogP contribution in [0.3, 0.4) is 0 Å². The van der Waals surface area contributed by atoms with Gasteiger partial charge in [-0.1, -0.05) is 17.7 Å². The van der Waals surface area contributed by atoms with Gasteiger partial charge in [-0.25, -0.2) is 4.39 Å². The zero-order valence-electron chi connectivity index (χ0n) is 10.4. The molecule has 1 aromatic heterocycles. The van der Waals surface area contributed by atoms with E-state index in [1.165, 1.54) is 17.4 Å². The molecule has 1 atom stereocenters. The van der Waals surface area contributed by atoms with E-state index in [4.69, 9.17) is 11.6 Å². The van der Waals surface area contributed by atoms with Crippen molar-refractivity contribution in [2.24, 2.45) is 0 Å². The second-order valence-electron chi connectivity index (χ2n) is 4.48. The summed E-state index contributed by atoms with van der Waals surface area (Å²) in [5, 5.41) is 12.7. The lowest BCUT2D eigenvalue weighted by Gasteiger charge is -2.15. The minimum atomic E-state index is -1.00. The first kappa shape index (κ1) is 13.5. The Morgan fingerprint density at radius 3 is 2.39 bits per heavy atom. The SMILES string of the molecule is Cc1cc(C)c(C(O)c2scc(C)c2Cl)c(F)c1. The van der Waals surface area contributed by atoms with E-state index in [0.29, 0.717) is 15.5 Å². The van der Waals surface area contributed by atoms with Gasteiger partial charge in [0.1, 0.15) is 11.9 Å². The zero-order chi connectivity index (χ0) is 13.4. The standard InChI is InChI=1S/C14H14ClFOS/c1-7-4-8(2)11(10(16)5-7)13(17)14-12(15)9(3)6-18-14/h4-6,13,17H,1-3H3. The summed E-state index contributed by atoms with van der Waals surface area (Å²) in [6, 6.07) is 3.29. The molecule has 0 aliphatic carbocycles. The molecule has 4 heteroatoms. The van der Waals surface area contributed by atoms with Crippen molar-refractivity contribution in [3.8, 4) is 0 Å². The summed E-state index contributed by atoms with van der Waals surface area (Å²) < 4.78 is 14.0. The quantitative estimate of drug-likeness (QED) is 0.858. The Kier molecular flexibility index (Phi) is 3.76. The highest BCUT2D eigenvalue weighted by Crippen LogP contribution is 2.37. The number of halogens is 2. The first-order chi connectivity index (χ1) is 8.41. The first-order valence-electron chi connectivity index (χ1n) is 5.60. The lowest BCUT2D eigenvalue weighted by Crippen LogP contribution is -2.04. The van der Waals surface area contributed by atoms with Crippen molar-refractivity contribution in [3.63, 3.8) is 0 Å². The molecule has 0 saturated heterocycles. The van der Waals surface area contributed by atoms with E-state index >= 15 is 0 Å². The molecule has 2 rings (SSSR count). The predicted molar refractivity (Wildman–Crippen MR) is 74.0 cm³/mol. The zero-order valence-corrected chi connectivity index (χ0v) is 12.0. The van der Waals surface area contributed by atoms with Crippen LogP contribution in [0.2, 0.25) is 5.02 Å². The third kappa shape index (κ3) is 2.30. The number of aryl methyl sites for hydroxylation is 3. The maximum absolute atomic E-state index is 14.0. The third-order valence-electron chi connectivity index (χ3n) is 2.93. The van der Waals surface area contributed by atoms with Gasteiger partial charge in [0.2, 0.25) is 0 Å². The third-order valence-corrected chi connectivity index (χ3v) is 4.69. The van der Waals surface area contributed by atoms with E-state index in [-0.39, 0.29) is 5.82 Å². The fourth-order valence-corrected chi connectivity index (χ4v) is 3.33. The van der Waals surface area contributed by atoms with Gasteiger partial charge in [-0.05, 0) is 48.9 Å². The Labute approximate surface area is 115 Å². The lowest BCUT2D eigenvalue weighted by molar-refractivity contribution is 0.218. The molecule has 1 unspecified atom stereocenters. The molecule has 0 saturated carbocycles. The maximum Gasteiger partial charge on any atom is 0.129 e. The van der Waals surface area contributed by atoms with Crippen molar-refractivity contribution in [2.45, 2.75) is 26.9 Å². The molecular weight excluding hydrogens is 271 g/mol. The van der Waals surface area contributed by atoms with Crippen LogP contribution in [0.25, 0.3) is 0 Å². The largest absolute Gasteiger partial charge is 0.383 e. The molecule has 0 aliphatic heterocycles. The van der Waals surface area contributed by atoms with E-state index in [9.17, 15) is 9.50 Å². The van der Waals surface area contributed by atoms with Gasteiger partial charge in [0, 0.05) is 5.56 Å². The number of rotatable bonds is 2. The van der Waals surface area contributed by atoms with Crippen molar-refractivity contribution in [2.75, 3.05) is 0 Å². The summed E-state index contributed by atoms with van der Waals surface area (Å²) in [5.74, 6) is -0.387. The number of aliphatic hydroxyl groups excluding tert-OH is 1. The summed E-state index contributed by atoms with van der Waals surface area (Å²) >= 11 is 7.47. The van der Waals surface area contributed by atoms with E-state index in [0.717, 1.165) is 16.7 Å². The minimum absolute atomic E-state index is 0.310. The van der Waals surface area contributed by atoms with Gasteiger partial charge in [-0.2, -0.15) is 0 Å². The molecule has 0 radical (unpaired) electrons. The van der Waals surface area contributed by atoms with Crippen LogP contribution in [-0.2, 0) is 0 Å². The molecule has 18 heavy (non-hydrogen) atoms. The average molecular weight is 285 g/mol. The first-order valence-corrected chi connectivity index (χ1v) is 6.85. The molecular formula is C14H14ClFOS. The molecule has 0 amide bonds. The summed E-state index contributed by atoms with van der Waals surface area (Å²) in [6.07, 6.45) is -1.00. The average Bonchev–Trinajstić information content (AvgIpc) is 2.58. The van der Waals surface area contributed by atoms with E-state index in [1.54, 1.807) is 6.92 Å². The van der Waals surface area contributed by atoms with Crippen LogP contribution in [-0.4, -0.2) is 5.11 Å². The van der Waals surface area contributed by atoms with Gasteiger partial charge < -0.3 is 5.11 Å². The number of hydrogen-bond acceptors (Lipinski definition) is 2. The van der Waals surface area contributed by atoms with Gasteiger partial charge >= 0.3 is 0 Å². The Bertz CT molecular complexity index is 568. The van der Waals surface area contributed by atoms with Gasteiger partial charge in [0.15, 0.2) is 0 Å². The highest BCUT2D eigenvalue weighted by molar-refractivity contribution is 7.10. The Hall–Kier alpha value is -0.900. The van der Waals surface area contributed by atoms with E-state index in [2.05, 4.69) is 0 Å². The summed E-state index contributed by atoms with van der Waals surface area (Å²) in [7, 11) is 0. The van der Waals surface area contributed by atoms with Crippen LogP contribution >= 0.6 is 22.9 Å². The maximum atomic E-state index is 14.0. The van der Waals surface area contributed by atoms with Crippen molar-refractivity contribution < 1.29 is 9.50 Å². The highest BCUT2D eigenvalue weighted by Gasteiger charge is 2.22. The second kappa shape index (κ2) is 5.00. The fraction of sp³-hybridized carbons (Fsp3) is 0.286. The Morgan fingerprint density at radius 1 is 1.22 bits per heavy atom. The molecule has 2 aromatic rings. The molecule has 0 spiro atoms. The molecule has 0 aliphatic rings. The normalized spacial score (nSPS) is 12.8. The number of aliphatic hydroxyl groups is 1. The van der Waals surface area contributed by atoms with Crippen LogP contribution in [0.15, 0.2) is 17.5 Å². The van der Waals surface area contributed by atoms with Crippen molar-refractivity contribution >= 4 is 22.9 Å². The molecule has 1 heterocycles. The van der Waals surface area contributed by atoms with E-state index < -0.39 is 6.10 Å². The van der Waals surface area contributed by atoms with Crippen molar-refractivity contribution in [1.29, 1.82) is 0 Å². The lowest BCUT2D eigenvalue weighted by atomic mass is 9.99. The smallest absolute Gasteiger partial charge is 0.129 e. The van der Waals surface area contributed by atoms with Crippen molar-refractivity contribution in [1.82, 2.24) is 0 Å². The molecule has 1 aromatic carbocycles. The molecule has 1 nitrogen and oxygen atoms in total. The summed E-state index contributed by atoms with van der Waals surface area (Å²) in [4.78, 5) is 0.597. The van der Waals surface area contributed by atoms with Crippen LogP contribution in [0.1, 0.15) is 33.2 Å². The second-order valence-corrected chi connectivity index (χ2v) is 5.77. The fourth-order valence-electron chi connectivity index (χ4n) is 2.04. The summed E-state index contributed by atoms with van der Waals surface area (Å²) in [5.41, 5.74) is 2.79. The summed E-state index contributed by atoms with van der Waals surface area (Å²) in [6.45, 7) is 5.49. The van der Waals surface area contributed by atoms with Crippen LogP contribution in [0.4, 0.5) is 4.39 Å². The predicted octanol–water partition coefficient (Wildman–Crippen LogP) is 4.55. The van der Waals surface area contributed by atoms with Crippen LogP contribution < -0.4 is 0 Å². The highest BCUT2D eigenvalue weighted by atomic mass is 35.5. The topological polar surface area (TPSA) is 20.2 Å². The van der Waals surface area contributed by atoms with E-state index in [1.807, 2.05) is 25.3 Å². The van der Waals surface area contributed by atoms with Gasteiger partial charge in [0.25, 0.3) is 0 Å².